The van der Waals surface area contributed by atoms with Crippen LogP contribution in [0, 0.1) is 0 Å². The Morgan fingerprint density at radius 2 is 1.38 bits per heavy atom. The molecular formula is C14H22O2. The molecule has 0 radical (unpaired) electrons. The van der Waals surface area contributed by atoms with Crippen molar-refractivity contribution in [3.8, 4) is 0 Å². The van der Waals surface area contributed by atoms with Crippen molar-refractivity contribution in [2.75, 3.05) is 7.11 Å². The van der Waals surface area contributed by atoms with Gasteiger partial charge in [-0.25, -0.2) is 4.79 Å². The molecule has 0 aliphatic carbocycles. The van der Waals surface area contributed by atoms with Crippen LogP contribution in [0.25, 0.3) is 0 Å². The molecule has 0 atom stereocenters. The fourth-order valence-corrected chi connectivity index (χ4v) is 0.174. The summed E-state index contributed by atoms with van der Waals surface area (Å²) >= 11 is 0. The molecule has 90 valence electrons. The summed E-state index contributed by atoms with van der Waals surface area (Å²) in [5.74, 6) is -0.347. The molecule has 0 aliphatic rings. The van der Waals surface area contributed by atoms with E-state index in [0.29, 0.717) is 5.57 Å². The molecule has 0 unspecified atom stereocenters. The van der Waals surface area contributed by atoms with Gasteiger partial charge in [0.15, 0.2) is 0 Å². The van der Waals surface area contributed by atoms with Gasteiger partial charge in [0.05, 0.1) is 7.11 Å². The standard InChI is InChI=1S/C5H8O2.C5H8.C4H6/c1-4(2)5(6)7-3;1-4-5(2)3;1-3-4-2/h1H2,2-3H3;4H,1-2H2,3H3;3-4H,1-2H2. The minimum absolute atomic E-state index is 0.347. The number of allylic oxidation sites excluding steroid dienone is 4. The monoisotopic (exact) mass is 222 g/mol. The molecule has 0 aromatic rings. The van der Waals surface area contributed by atoms with Gasteiger partial charge in [-0.05, 0) is 13.8 Å². The van der Waals surface area contributed by atoms with Crippen molar-refractivity contribution in [2.24, 2.45) is 0 Å². The summed E-state index contributed by atoms with van der Waals surface area (Å²) in [6, 6.07) is 0. The van der Waals surface area contributed by atoms with Crippen LogP contribution in [0.2, 0.25) is 0 Å². The second kappa shape index (κ2) is 15.6. The number of carbonyl (C=O) groups excluding carboxylic acids is 1. The average molecular weight is 222 g/mol. The van der Waals surface area contributed by atoms with Gasteiger partial charge in [0.25, 0.3) is 0 Å². The molecular weight excluding hydrogens is 200 g/mol. The molecule has 0 bridgehead atoms. The lowest BCUT2D eigenvalue weighted by Crippen LogP contribution is -1.98. The van der Waals surface area contributed by atoms with Gasteiger partial charge >= 0.3 is 5.97 Å². The van der Waals surface area contributed by atoms with Crippen LogP contribution in [0.3, 0.4) is 0 Å². The summed E-state index contributed by atoms with van der Waals surface area (Å²) in [6.45, 7) is 20.6. The first kappa shape index (κ1) is 19.7. The first-order valence-electron chi connectivity index (χ1n) is 4.62. The highest BCUT2D eigenvalue weighted by molar-refractivity contribution is 5.86. The van der Waals surface area contributed by atoms with E-state index in [1.54, 1.807) is 25.2 Å². The molecule has 0 aromatic carbocycles. The van der Waals surface area contributed by atoms with Crippen molar-refractivity contribution in [2.45, 2.75) is 13.8 Å². The maximum atomic E-state index is 10.2. The van der Waals surface area contributed by atoms with Crippen LogP contribution in [-0.4, -0.2) is 13.1 Å². The molecule has 0 saturated heterocycles. The van der Waals surface area contributed by atoms with Crippen LogP contribution in [0.5, 0.6) is 0 Å². The van der Waals surface area contributed by atoms with Gasteiger partial charge in [-0.2, -0.15) is 0 Å². The van der Waals surface area contributed by atoms with Gasteiger partial charge in [0, 0.05) is 5.57 Å². The Morgan fingerprint density at radius 1 is 1.06 bits per heavy atom. The van der Waals surface area contributed by atoms with Crippen molar-refractivity contribution in [1.82, 2.24) is 0 Å². The molecule has 0 aliphatic heterocycles. The minimum Gasteiger partial charge on any atom is -0.466 e. The normalized spacial score (nSPS) is 6.69. The quantitative estimate of drug-likeness (QED) is 0.412. The number of esters is 1. The number of ether oxygens (including phenoxy) is 1. The SMILES string of the molecule is C=C(C)C(=O)OC.C=CC(=C)C.C=CC=C. The molecule has 0 aromatic heterocycles. The van der Waals surface area contributed by atoms with Gasteiger partial charge < -0.3 is 4.74 Å². The zero-order valence-electron chi connectivity index (χ0n) is 10.6. The maximum absolute atomic E-state index is 10.2. The van der Waals surface area contributed by atoms with Crippen molar-refractivity contribution >= 4 is 5.97 Å². The van der Waals surface area contributed by atoms with Crippen LogP contribution < -0.4 is 0 Å². The Hall–Kier alpha value is -1.83. The van der Waals surface area contributed by atoms with E-state index in [1.165, 1.54) is 7.11 Å². The zero-order chi connectivity index (χ0) is 13.6. The highest BCUT2D eigenvalue weighted by Gasteiger charge is 1.95. The van der Waals surface area contributed by atoms with Gasteiger partial charge in [0.1, 0.15) is 0 Å². The number of carbonyl (C=O) groups is 1. The summed E-state index contributed by atoms with van der Waals surface area (Å²) in [6.07, 6.45) is 5.00. The molecule has 2 heteroatoms. The van der Waals surface area contributed by atoms with E-state index in [9.17, 15) is 4.79 Å². The van der Waals surface area contributed by atoms with Gasteiger partial charge in [0.2, 0.25) is 0 Å². The van der Waals surface area contributed by atoms with Crippen molar-refractivity contribution < 1.29 is 9.53 Å². The fourth-order valence-electron chi connectivity index (χ4n) is 0.174. The molecule has 0 spiro atoms. The molecule has 0 N–H and O–H groups in total. The van der Waals surface area contributed by atoms with Gasteiger partial charge in [-0.1, -0.05) is 56.7 Å². The van der Waals surface area contributed by atoms with Crippen LogP contribution >= 0.6 is 0 Å². The van der Waals surface area contributed by atoms with E-state index in [0.717, 1.165) is 5.57 Å². The second-order valence-corrected chi connectivity index (χ2v) is 2.79. The maximum Gasteiger partial charge on any atom is 0.332 e. The lowest BCUT2D eigenvalue weighted by molar-refractivity contribution is -0.136. The van der Waals surface area contributed by atoms with Crippen molar-refractivity contribution in [3.63, 3.8) is 0 Å². The van der Waals surface area contributed by atoms with Crippen LogP contribution in [0.15, 0.2) is 62.3 Å². The predicted molar refractivity (Wildman–Crippen MR) is 72.2 cm³/mol. The molecule has 0 fully saturated rings. The Kier molecular flexibility index (Phi) is 19.2. The smallest absolute Gasteiger partial charge is 0.332 e. The molecule has 2 nitrogen and oxygen atoms in total. The van der Waals surface area contributed by atoms with Crippen LogP contribution in [-0.2, 0) is 9.53 Å². The third-order valence-electron chi connectivity index (χ3n) is 1.05. The fraction of sp³-hybridized carbons (Fsp3) is 0.214. The Morgan fingerprint density at radius 3 is 1.38 bits per heavy atom. The summed E-state index contributed by atoms with van der Waals surface area (Å²) < 4.78 is 4.27. The molecule has 16 heavy (non-hydrogen) atoms. The van der Waals surface area contributed by atoms with Gasteiger partial charge in [-0.3, -0.25) is 0 Å². The van der Waals surface area contributed by atoms with Crippen molar-refractivity contribution in [1.29, 1.82) is 0 Å². The third-order valence-corrected chi connectivity index (χ3v) is 1.05. The average Bonchev–Trinajstić information content (AvgIpc) is 2.28. The first-order valence-corrected chi connectivity index (χ1v) is 4.62. The second-order valence-electron chi connectivity index (χ2n) is 2.79. The molecule has 0 amide bonds. The van der Waals surface area contributed by atoms with Crippen LogP contribution in [0.1, 0.15) is 13.8 Å². The third kappa shape index (κ3) is 29.5. The summed E-state index contributed by atoms with van der Waals surface area (Å²) in [4.78, 5) is 10.2. The Bertz CT molecular complexity index is 254. The molecule has 0 heterocycles. The van der Waals surface area contributed by atoms with Gasteiger partial charge in [-0.15, -0.1) is 0 Å². The number of rotatable bonds is 3. The summed E-state index contributed by atoms with van der Waals surface area (Å²) in [7, 11) is 1.33. The highest BCUT2D eigenvalue weighted by atomic mass is 16.5. The largest absolute Gasteiger partial charge is 0.466 e. The summed E-state index contributed by atoms with van der Waals surface area (Å²) in [5, 5.41) is 0. The minimum atomic E-state index is -0.347. The van der Waals surface area contributed by atoms with Crippen molar-refractivity contribution in [3.05, 3.63) is 62.3 Å². The molecule has 0 rings (SSSR count). The van der Waals surface area contributed by atoms with Crippen LogP contribution in [0.4, 0.5) is 0 Å². The lowest BCUT2D eigenvalue weighted by Gasteiger charge is -1.91. The lowest BCUT2D eigenvalue weighted by atomic mass is 10.4. The van der Waals surface area contributed by atoms with E-state index in [-0.39, 0.29) is 5.97 Å². The van der Waals surface area contributed by atoms with E-state index in [2.05, 4.69) is 37.6 Å². The van der Waals surface area contributed by atoms with E-state index >= 15 is 0 Å². The number of hydrogen-bond donors (Lipinski definition) is 0. The van der Waals surface area contributed by atoms with E-state index in [1.807, 2.05) is 6.92 Å². The topological polar surface area (TPSA) is 26.3 Å². The number of methoxy groups -OCH3 is 1. The predicted octanol–water partition coefficient (Wildman–Crippen LogP) is 3.84. The van der Waals surface area contributed by atoms with E-state index < -0.39 is 0 Å². The summed E-state index contributed by atoms with van der Waals surface area (Å²) in [5.41, 5.74) is 1.45. The number of hydrogen-bond acceptors (Lipinski definition) is 2. The van der Waals surface area contributed by atoms with E-state index in [4.69, 9.17) is 0 Å². The first-order chi connectivity index (χ1) is 7.37. The Labute approximate surface area is 99.3 Å². The molecule has 0 saturated carbocycles. The Balaban J connectivity index is -0.000000166. The highest BCUT2D eigenvalue weighted by Crippen LogP contribution is 1.87. The zero-order valence-corrected chi connectivity index (χ0v) is 10.6.